The topological polar surface area (TPSA) is 66.8 Å². The molecule has 0 aliphatic rings. The summed E-state index contributed by atoms with van der Waals surface area (Å²) in [5, 5.41) is 18.4. The van der Waals surface area contributed by atoms with E-state index in [1.165, 1.54) is 51.9 Å². The third-order valence-corrected chi connectivity index (χ3v) is 4.01. The van der Waals surface area contributed by atoms with E-state index in [4.69, 9.17) is 9.84 Å². The average molecular weight is 328 g/mol. The Morgan fingerprint density at radius 2 is 1.57 bits per heavy atom. The van der Waals surface area contributed by atoms with E-state index in [0.29, 0.717) is 6.42 Å². The molecule has 0 spiro atoms. The molecule has 0 fully saturated rings. The van der Waals surface area contributed by atoms with Crippen molar-refractivity contribution in [2.24, 2.45) is 0 Å². The Bertz CT molecular complexity index is 291. The predicted molar refractivity (Wildman–Crippen MR) is 94.2 cm³/mol. The van der Waals surface area contributed by atoms with Gasteiger partial charge in [-0.15, -0.1) is 6.58 Å². The third-order valence-electron chi connectivity index (χ3n) is 4.01. The predicted octanol–water partition coefficient (Wildman–Crippen LogP) is 4.14. The maximum Gasteiger partial charge on any atom is 0.302 e. The van der Waals surface area contributed by atoms with Gasteiger partial charge in [0.1, 0.15) is 6.10 Å². The van der Waals surface area contributed by atoms with Crippen LogP contribution in [0.25, 0.3) is 0 Å². The number of allylic oxidation sites excluding steroid dienone is 1. The van der Waals surface area contributed by atoms with E-state index in [1.54, 1.807) is 0 Å². The van der Waals surface area contributed by atoms with Crippen molar-refractivity contribution >= 4 is 5.97 Å². The van der Waals surface area contributed by atoms with Crippen LogP contribution in [0.5, 0.6) is 0 Å². The molecule has 4 heteroatoms. The zero-order chi connectivity index (χ0) is 17.3. The highest BCUT2D eigenvalue weighted by Gasteiger charge is 2.16. The van der Waals surface area contributed by atoms with Gasteiger partial charge >= 0.3 is 5.97 Å². The van der Waals surface area contributed by atoms with Crippen LogP contribution in [-0.2, 0) is 9.53 Å². The number of esters is 1. The third kappa shape index (κ3) is 15.8. The lowest BCUT2D eigenvalue weighted by atomic mass is 10.0. The fourth-order valence-corrected chi connectivity index (χ4v) is 2.74. The molecule has 0 rings (SSSR count). The van der Waals surface area contributed by atoms with E-state index in [-0.39, 0.29) is 18.7 Å². The highest BCUT2D eigenvalue weighted by molar-refractivity contribution is 5.66. The van der Waals surface area contributed by atoms with Crippen molar-refractivity contribution in [3.63, 3.8) is 0 Å². The summed E-state index contributed by atoms with van der Waals surface area (Å²) in [5.41, 5.74) is 0. The molecule has 4 nitrogen and oxygen atoms in total. The van der Waals surface area contributed by atoms with E-state index >= 15 is 0 Å². The molecule has 0 saturated heterocycles. The molecule has 0 aromatic carbocycles. The smallest absolute Gasteiger partial charge is 0.302 e. The molecular weight excluding hydrogens is 292 g/mol. The Morgan fingerprint density at radius 1 is 1.04 bits per heavy atom. The Morgan fingerprint density at radius 3 is 2.04 bits per heavy atom. The molecule has 0 aliphatic heterocycles. The normalized spacial score (nSPS) is 13.5. The SMILES string of the molecule is C=CCCCCCCCCCCCC(CC(O)CO)OC(C)=O. The highest BCUT2D eigenvalue weighted by Crippen LogP contribution is 2.15. The second-order valence-electron chi connectivity index (χ2n) is 6.35. The largest absolute Gasteiger partial charge is 0.462 e. The molecular formula is C19H36O4. The Hall–Kier alpha value is -0.870. The van der Waals surface area contributed by atoms with Crippen molar-refractivity contribution in [2.45, 2.75) is 96.2 Å². The monoisotopic (exact) mass is 328 g/mol. The average Bonchev–Trinajstić information content (AvgIpc) is 2.51. The Balaban J connectivity index is 3.54. The molecule has 23 heavy (non-hydrogen) atoms. The summed E-state index contributed by atoms with van der Waals surface area (Å²) in [6, 6.07) is 0. The van der Waals surface area contributed by atoms with Crippen LogP contribution < -0.4 is 0 Å². The van der Waals surface area contributed by atoms with Gasteiger partial charge in [-0.2, -0.15) is 0 Å². The number of hydrogen-bond donors (Lipinski definition) is 2. The van der Waals surface area contributed by atoms with Crippen molar-refractivity contribution in [1.29, 1.82) is 0 Å². The minimum Gasteiger partial charge on any atom is -0.462 e. The second kappa shape index (κ2) is 16.0. The molecule has 0 heterocycles. The molecule has 0 saturated carbocycles. The maximum absolute atomic E-state index is 11.1. The first kappa shape index (κ1) is 22.1. The molecule has 136 valence electrons. The van der Waals surface area contributed by atoms with Gasteiger partial charge in [-0.3, -0.25) is 4.79 Å². The fraction of sp³-hybridized carbons (Fsp3) is 0.842. The molecule has 2 atom stereocenters. The summed E-state index contributed by atoms with van der Waals surface area (Å²) >= 11 is 0. The summed E-state index contributed by atoms with van der Waals surface area (Å²) in [5.74, 6) is -0.323. The fourth-order valence-electron chi connectivity index (χ4n) is 2.74. The van der Waals surface area contributed by atoms with Crippen LogP contribution in [0.4, 0.5) is 0 Å². The number of carbonyl (C=O) groups excluding carboxylic acids is 1. The van der Waals surface area contributed by atoms with Gasteiger partial charge in [0.25, 0.3) is 0 Å². The highest BCUT2D eigenvalue weighted by atomic mass is 16.5. The quantitative estimate of drug-likeness (QED) is 0.254. The number of ether oxygens (including phenoxy) is 1. The van der Waals surface area contributed by atoms with Gasteiger partial charge in [-0.25, -0.2) is 0 Å². The molecule has 2 unspecified atom stereocenters. The zero-order valence-electron chi connectivity index (χ0n) is 14.8. The number of rotatable bonds is 16. The van der Waals surface area contributed by atoms with Gasteiger partial charge < -0.3 is 14.9 Å². The lowest BCUT2D eigenvalue weighted by molar-refractivity contribution is -0.148. The zero-order valence-corrected chi connectivity index (χ0v) is 14.8. The minimum atomic E-state index is -0.805. The summed E-state index contributed by atoms with van der Waals surface area (Å²) in [6.07, 6.45) is 14.2. The van der Waals surface area contributed by atoms with Gasteiger partial charge in [0.15, 0.2) is 0 Å². The number of aliphatic hydroxyl groups excluding tert-OH is 2. The van der Waals surface area contributed by atoms with E-state index < -0.39 is 6.10 Å². The first-order valence-electron chi connectivity index (χ1n) is 9.17. The molecule has 2 N–H and O–H groups in total. The maximum atomic E-state index is 11.1. The standard InChI is InChI=1S/C19H36O4/c1-3-4-5-6-7-8-9-10-11-12-13-14-19(23-17(2)21)15-18(22)16-20/h3,18-20,22H,1,4-16H2,2H3. The molecule has 0 amide bonds. The first-order chi connectivity index (χ1) is 11.1. The van der Waals surface area contributed by atoms with Crippen LogP contribution in [0.15, 0.2) is 12.7 Å². The van der Waals surface area contributed by atoms with E-state index in [0.717, 1.165) is 25.7 Å². The number of carbonyl (C=O) groups is 1. The van der Waals surface area contributed by atoms with Gasteiger partial charge in [-0.05, 0) is 25.7 Å². The van der Waals surface area contributed by atoms with Crippen LogP contribution in [-0.4, -0.2) is 35.0 Å². The van der Waals surface area contributed by atoms with Crippen molar-refractivity contribution in [3.8, 4) is 0 Å². The van der Waals surface area contributed by atoms with Crippen LogP contribution in [0.2, 0.25) is 0 Å². The molecule has 0 radical (unpaired) electrons. The summed E-state index contributed by atoms with van der Waals surface area (Å²) in [7, 11) is 0. The molecule has 0 aromatic heterocycles. The van der Waals surface area contributed by atoms with E-state index in [1.807, 2.05) is 6.08 Å². The first-order valence-corrected chi connectivity index (χ1v) is 9.17. The van der Waals surface area contributed by atoms with Crippen LogP contribution >= 0.6 is 0 Å². The van der Waals surface area contributed by atoms with E-state index in [2.05, 4.69) is 6.58 Å². The van der Waals surface area contributed by atoms with E-state index in [9.17, 15) is 9.90 Å². The summed E-state index contributed by atoms with van der Waals surface area (Å²) in [4.78, 5) is 11.1. The second-order valence-corrected chi connectivity index (χ2v) is 6.35. The summed E-state index contributed by atoms with van der Waals surface area (Å²) < 4.78 is 5.20. The number of hydrogen-bond acceptors (Lipinski definition) is 4. The number of unbranched alkanes of at least 4 members (excludes halogenated alkanes) is 9. The lowest BCUT2D eigenvalue weighted by Crippen LogP contribution is -2.25. The van der Waals surface area contributed by atoms with Gasteiger partial charge in [0, 0.05) is 13.3 Å². The summed E-state index contributed by atoms with van der Waals surface area (Å²) in [6.45, 7) is 4.83. The van der Waals surface area contributed by atoms with Crippen molar-refractivity contribution in [2.75, 3.05) is 6.61 Å². The Kier molecular flexibility index (Phi) is 15.4. The molecule has 0 aromatic rings. The van der Waals surface area contributed by atoms with Gasteiger partial charge in [0.05, 0.1) is 12.7 Å². The molecule has 0 bridgehead atoms. The van der Waals surface area contributed by atoms with Crippen molar-refractivity contribution in [3.05, 3.63) is 12.7 Å². The molecule has 0 aliphatic carbocycles. The van der Waals surface area contributed by atoms with Crippen molar-refractivity contribution < 1.29 is 19.7 Å². The van der Waals surface area contributed by atoms with Crippen molar-refractivity contribution in [1.82, 2.24) is 0 Å². The van der Waals surface area contributed by atoms with Crippen LogP contribution in [0.3, 0.4) is 0 Å². The van der Waals surface area contributed by atoms with Gasteiger partial charge in [-0.1, -0.05) is 51.0 Å². The number of aliphatic hydroxyl groups is 2. The van der Waals surface area contributed by atoms with Crippen LogP contribution in [0, 0.1) is 0 Å². The lowest BCUT2D eigenvalue weighted by Gasteiger charge is -2.19. The Labute approximate surface area is 141 Å². The minimum absolute atomic E-state index is 0.278. The van der Waals surface area contributed by atoms with Gasteiger partial charge in [0.2, 0.25) is 0 Å². The van der Waals surface area contributed by atoms with Crippen LogP contribution in [0.1, 0.15) is 84.0 Å².